The van der Waals surface area contributed by atoms with Gasteiger partial charge in [-0.3, -0.25) is 9.58 Å². The number of anilines is 3. The third-order valence-corrected chi connectivity index (χ3v) is 10.9. The number of nitrogen functional groups attached to an aromatic ring is 1. The van der Waals surface area contributed by atoms with Gasteiger partial charge in [-0.25, -0.2) is 8.78 Å². The zero-order chi connectivity index (χ0) is 32.4. The van der Waals surface area contributed by atoms with E-state index in [1.165, 1.54) is 6.07 Å². The van der Waals surface area contributed by atoms with E-state index in [1.807, 2.05) is 11.6 Å². The summed E-state index contributed by atoms with van der Waals surface area (Å²) in [6, 6.07) is 6.84. The molecule has 4 aliphatic heterocycles. The number of alkyl halides is 1. The summed E-state index contributed by atoms with van der Waals surface area (Å²) in [5.74, 6) is 0.967. The molecule has 3 N–H and O–H groups in total. The monoisotopic (exact) mass is 664 g/mol. The van der Waals surface area contributed by atoms with E-state index in [4.69, 9.17) is 32.0 Å². The highest BCUT2D eigenvalue weighted by atomic mass is 35.5. The van der Waals surface area contributed by atoms with Crippen LogP contribution in [-0.2, 0) is 32.5 Å². The molecule has 10 nitrogen and oxygen atoms in total. The van der Waals surface area contributed by atoms with E-state index in [9.17, 15) is 9.50 Å². The molecule has 2 fully saturated rings. The molecule has 4 aliphatic rings. The van der Waals surface area contributed by atoms with Crippen LogP contribution in [0.5, 0.6) is 11.8 Å². The first kappa shape index (κ1) is 30.4. The van der Waals surface area contributed by atoms with E-state index in [-0.39, 0.29) is 23.1 Å². The molecule has 2 saturated heterocycles. The number of nitrogens with two attached hydrogens (primary N) is 1. The molecule has 248 valence electrons. The van der Waals surface area contributed by atoms with Gasteiger partial charge in [0.15, 0.2) is 5.82 Å². The number of fused-ring (bicyclic) bond motifs is 4. The van der Waals surface area contributed by atoms with Crippen LogP contribution in [0.3, 0.4) is 0 Å². The van der Waals surface area contributed by atoms with Crippen molar-refractivity contribution in [3.63, 3.8) is 0 Å². The van der Waals surface area contributed by atoms with E-state index < -0.39 is 6.17 Å². The summed E-state index contributed by atoms with van der Waals surface area (Å²) >= 11 is 6.61. The zero-order valence-electron chi connectivity index (χ0n) is 26.5. The van der Waals surface area contributed by atoms with Crippen LogP contribution in [-0.4, -0.2) is 74.3 Å². The summed E-state index contributed by atoms with van der Waals surface area (Å²) in [5.41, 5.74) is 9.80. The molecule has 0 saturated carbocycles. The predicted octanol–water partition coefficient (Wildman–Crippen LogP) is 5.40. The fourth-order valence-corrected chi connectivity index (χ4v) is 8.52. The van der Waals surface area contributed by atoms with Gasteiger partial charge in [0.2, 0.25) is 0 Å². The van der Waals surface area contributed by atoms with Crippen LogP contribution in [0.2, 0.25) is 5.02 Å². The van der Waals surface area contributed by atoms with Crippen LogP contribution in [0.15, 0.2) is 24.3 Å². The number of benzene rings is 2. The number of hydrogen-bond acceptors (Lipinski definition) is 9. The molecule has 2 aromatic heterocycles. The first-order valence-corrected chi connectivity index (χ1v) is 17.0. The Balaban J connectivity index is 1.19. The van der Waals surface area contributed by atoms with Crippen molar-refractivity contribution in [1.29, 1.82) is 0 Å². The van der Waals surface area contributed by atoms with Crippen molar-refractivity contribution >= 4 is 39.7 Å². The largest absolute Gasteiger partial charge is 0.508 e. The second-order valence-corrected chi connectivity index (χ2v) is 13.8. The minimum absolute atomic E-state index is 0.125. The highest BCUT2D eigenvalue weighted by Crippen LogP contribution is 2.42. The molecule has 13 heteroatoms. The highest BCUT2D eigenvalue weighted by molar-refractivity contribution is 6.33. The van der Waals surface area contributed by atoms with Crippen molar-refractivity contribution in [1.82, 2.24) is 24.6 Å². The second-order valence-electron chi connectivity index (χ2n) is 13.4. The van der Waals surface area contributed by atoms with Gasteiger partial charge < -0.3 is 25.4 Å². The number of aromatic nitrogens is 4. The van der Waals surface area contributed by atoms with E-state index in [0.717, 1.165) is 71.6 Å². The summed E-state index contributed by atoms with van der Waals surface area (Å²) in [6.45, 7) is 6.52. The lowest BCUT2D eigenvalue weighted by Crippen LogP contribution is -2.43. The number of phenolic OH excluding ortho intramolecular Hbond substituents is 1. The molecular formula is C34H39ClF2N8O2. The topological polar surface area (TPSA) is 109 Å². The van der Waals surface area contributed by atoms with Gasteiger partial charge in [0.25, 0.3) is 0 Å². The van der Waals surface area contributed by atoms with Gasteiger partial charge >= 0.3 is 6.01 Å². The van der Waals surface area contributed by atoms with Gasteiger partial charge in [-0.15, -0.1) is 0 Å². The predicted molar refractivity (Wildman–Crippen MR) is 178 cm³/mol. The molecule has 0 radical (unpaired) electrons. The van der Waals surface area contributed by atoms with Crippen LogP contribution in [0, 0.1) is 5.82 Å². The van der Waals surface area contributed by atoms with Gasteiger partial charge in [-0.1, -0.05) is 24.6 Å². The molecule has 0 amide bonds. The number of hydrogen-bond donors (Lipinski definition) is 2. The minimum atomic E-state index is -0.860. The quantitative estimate of drug-likeness (QED) is 0.280. The number of ether oxygens (including phenoxy) is 1. The maximum Gasteiger partial charge on any atom is 0.318 e. The van der Waals surface area contributed by atoms with Gasteiger partial charge in [0.1, 0.15) is 35.2 Å². The van der Waals surface area contributed by atoms with Crippen LogP contribution >= 0.6 is 11.6 Å². The zero-order valence-corrected chi connectivity index (χ0v) is 27.2. The number of nitrogens with zero attached hydrogens (tertiary/aromatic N) is 7. The highest BCUT2D eigenvalue weighted by Gasteiger charge is 2.49. The molecule has 0 spiro atoms. The lowest BCUT2D eigenvalue weighted by atomic mass is 9.95. The molecule has 8 rings (SSSR count). The molecule has 0 bridgehead atoms. The Hall–Kier alpha value is -3.90. The fraction of sp³-hybridized carbons (Fsp3) is 0.500. The summed E-state index contributed by atoms with van der Waals surface area (Å²) in [6.07, 6.45) is 3.47. The van der Waals surface area contributed by atoms with Crippen molar-refractivity contribution in [3.8, 4) is 11.8 Å². The Bertz CT molecular complexity index is 1870. The van der Waals surface area contributed by atoms with E-state index in [0.29, 0.717) is 75.0 Å². The summed E-state index contributed by atoms with van der Waals surface area (Å²) in [7, 11) is 0. The van der Waals surface area contributed by atoms with Crippen molar-refractivity contribution in [2.75, 3.05) is 48.3 Å². The van der Waals surface area contributed by atoms with Gasteiger partial charge in [0.05, 0.1) is 30.0 Å². The van der Waals surface area contributed by atoms with E-state index >= 15 is 4.39 Å². The normalized spacial score (nSPS) is 22.8. The molecule has 2 aromatic carbocycles. The smallest absolute Gasteiger partial charge is 0.318 e. The first-order valence-electron chi connectivity index (χ1n) is 16.6. The van der Waals surface area contributed by atoms with Crippen molar-refractivity contribution in [2.45, 2.75) is 76.8 Å². The molecule has 6 heterocycles. The van der Waals surface area contributed by atoms with Crippen LogP contribution in [0.4, 0.5) is 26.1 Å². The standard InChI is InChI=1S/C34H39ClF2N8O2/c1-2-23-25(37)6-5-20-13-22(46)14-27(29(20)23)42-12-7-24-26(17-42)39-33(47-19-34-8-3-10-44(34)16-21(36)15-34)40-32(24)43-9-4-11-45-28(18-43)30(35)31(38)41-45/h5-6,13-14,21,46H,2-4,7-12,15-19H2,1H3,(H2,38,41)/t21-,34+/m1/s1. The number of halogens is 3. The molecule has 0 aliphatic carbocycles. The third-order valence-electron chi connectivity index (χ3n) is 10.5. The number of phenols is 1. The third kappa shape index (κ3) is 5.20. The Morgan fingerprint density at radius 2 is 1.98 bits per heavy atom. The van der Waals surface area contributed by atoms with Crippen molar-refractivity contribution in [3.05, 3.63) is 57.6 Å². The number of aromatic hydroxyl groups is 1. The second kappa shape index (κ2) is 11.7. The SMILES string of the molecule is CCc1c(F)ccc2cc(O)cc(N3CCc4c(nc(OC[C@@]56CCCN5C[C@H](F)C6)nc4N4CCCn5nc(N)c(Cl)c5C4)C3)c12. The number of rotatable bonds is 6. The fourth-order valence-electron chi connectivity index (χ4n) is 8.32. The lowest BCUT2D eigenvalue weighted by molar-refractivity contribution is 0.107. The first-order chi connectivity index (χ1) is 22.7. The van der Waals surface area contributed by atoms with Crippen LogP contribution in [0.25, 0.3) is 10.8 Å². The van der Waals surface area contributed by atoms with Crippen molar-refractivity contribution in [2.24, 2.45) is 0 Å². The summed E-state index contributed by atoms with van der Waals surface area (Å²) in [4.78, 5) is 16.6. The average molecular weight is 665 g/mol. The number of aryl methyl sites for hydroxylation is 2. The molecule has 0 unspecified atom stereocenters. The summed E-state index contributed by atoms with van der Waals surface area (Å²) < 4.78 is 37.9. The Morgan fingerprint density at radius 1 is 1.11 bits per heavy atom. The Labute approximate surface area is 277 Å². The maximum absolute atomic E-state index is 15.0. The molecular weight excluding hydrogens is 626 g/mol. The van der Waals surface area contributed by atoms with Crippen LogP contribution in [0.1, 0.15) is 55.1 Å². The van der Waals surface area contributed by atoms with Gasteiger partial charge in [-0.05, 0) is 61.7 Å². The van der Waals surface area contributed by atoms with E-state index in [1.54, 1.807) is 18.2 Å². The van der Waals surface area contributed by atoms with Gasteiger partial charge in [0, 0.05) is 55.3 Å². The van der Waals surface area contributed by atoms with Crippen molar-refractivity contribution < 1.29 is 18.6 Å². The Kier molecular flexibility index (Phi) is 7.55. The molecule has 2 atom stereocenters. The van der Waals surface area contributed by atoms with E-state index in [2.05, 4.69) is 19.8 Å². The lowest BCUT2D eigenvalue weighted by Gasteiger charge is -2.35. The van der Waals surface area contributed by atoms with Gasteiger partial charge in [-0.2, -0.15) is 15.1 Å². The van der Waals surface area contributed by atoms with Crippen LogP contribution < -0.4 is 20.3 Å². The Morgan fingerprint density at radius 3 is 2.83 bits per heavy atom. The molecule has 47 heavy (non-hydrogen) atoms. The minimum Gasteiger partial charge on any atom is -0.508 e. The average Bonchev–Trinajstić information content (AvgIpc) is 3.61. The summed E-state index contributed by atoms with van der Waals surface area (Å²) in [5, 5.41) is 17.2. The molecule has 4 aromatic rings. The maximum atomic E-state index is 15.0.